The molecule has 1 aromatic rings. The number of nitrogens with one attached hydrogen (secondary N) is 1. The number of likely N-dealkylation sites (tertiary alicyclic amines) is 1. The summed E-state index contributed by atoms with van der Waals surface area (Å²) < 4.78 is 0. The van der Waals surface area contributed by atoms with Crippen molar-refractivity contribution in [3.05, 3.63) is 6.33 Å². The van der Waals surface area contributed by atoms with Gasteiger partial charge in [0.15, 0.2) is 6.33 Å². The Morgan fingerprint density at radius 3 is 2.77 bits per heavy atom. The lowest BCUT2D eigenvalue weighted by Gasteiger charge is -2.61. The van der Waals surface area contributed by atoms with Crippen LogP contribution in [-0.4, -0.2) is 67.4 Å². The standard InChI is InChI=1S/C18H28N6O2/c25-15-2-1-3-23(9-15)10-16(26)21-17-5-13-4-14(6-17)8-18(7-13,11-17)24-20-12-19-22-24/h12-15,25H,1-11H2,(H,21,26)/t13-,14+,15-,17?,18?/m1/s1. The van der Waals surface area contributed by atoms with Crippen LogP contribution >= 0.6 is 0 Å². The fourth-order valence-electron chi connectivity index (χ4n) is 6.69. The Morgan fingerprint density at radius 1 is 1.27 bits per heavy atom. The van der Waals surface area contributed by atoms with Crippen LogP contribution in [-0.2, 0) is 10.3 Å². The lowest BCUT2D eigenvalue weighted by Crippen LogP contribution is -2.66. The molecule has 0 aromatic carbocycles. The molecule has 4 bridgehead atoms. The average Bonchev–Trinajstić information content (AvgIpc) is 3.08. The second-order valence-electron chi connectivity index (χ2n) is 9.27. The first-order valence-electron chi connectivity index (χ1n) is 9.99. The fourth-order valence-corrected chi connectivity index (χ4v) is 6.69. The molecule has 0 radical (unpaired) electrons. The predicted molar refractivity (Wildman–Crippen MR) is 93.0 cm³/mol. The molecule has 5 atom stereocenters. The smallest absolute Gasteiger partial charge is 0.234 e. The summed E-state index contributed by atoms with van der Waals surface area (Å²) in [5.74, 6) is 1.38. The molecule has 1 aliphatic heterocycles. The highest BCUT2D eigenvalue weighted by molar-refractivity contribution is 5.79. The minimum Gasteiger partial charge on any atom is -0.392 e. The third-order valence-corrected chi connectivity index (χ3v) is 7.06. The summed E-state index contributed by atoms with van der Waals surface area (Å²) in [7, 11) is 0. The molecule has 5 aliphatic rings. The van der Waals surface area contributed by atoms with Gasteiger partial charge in [-0.05, 0) is 75.0 Å². The van der Waals surface area contributed by atoms with E-state index in [-0.39, 0.29) is 23.1 Å². The van der Waals surface area contributed by atoms with E-state index >= 15 is 0 Å². The van der Waals surface area contributed by atoms with Crippen molar-refractivity contribution in [1.82, 2.24) is 30.4 Å². The van der Waals surface area contributed by atoms with Gasteiger partial charge in [0, 0.05) is 12.1 Å². The fraction of sp³-hybridized carbons (Fsp3) is 0.889. The zero-order chi connectivity index (χ0) is 17.8. The van der Waals surface area contributed by atoms with Gasteiger partial charge in [0.25, 0.3) is 0 Å². The van der Waals surface area contributed by atoms with Gasteiger partial charge in [-0.3, -0.25) is 9.69 Å². The van der Waals surface area contributed by atoms with Gasteiger partial charge in [0.05, 0.1) is 18.2 Å². The monoisotopic (exact) mass is 360 g/mol. The number of rotatable bonds is 4. The van der Waals surface area contributed by atoms with Crippen molar-refractivity contribution in [3.8, 4) is 0 Å². The van der Waals surface area contributed by atoms with Crippen LogP contribution in [0.25, 0.3) is 0 Å². The number of hydrogen-bond donors (Lipinski definition) is 2. The molecule has 142 valence electrons. The van der Waals surface area contributed by atoms with Gasteiger partial charge in [0.1, 0.15) is 0 Å². The van der Waals surface area contributed by atoms with Crippen LogP contribution in [0.4, 0.5) is 0 Å². The minimum atomic E-state index is -0.294. The largest absolute Gasteiger partial charge is 0.392 e. The van der Waals surface area contributed by atoms with E-state index in [1.165, 1.54) is 12.7 Å². The lowest BCUT2D eigenvalue weighted by atomic mass is 9.50. The molecule has 4 aliphatic carbocycles. The van der Waals surface area contributed by atoms with E-state index in [0.717, 1.165) is 51.5 Å². The molecular weight excluding hydrogens is 332 g/mol. The number of tetrazole rings is 1. The number of piperidine rings is 1. The lowest BCUT2D eigenvalue weighted by molar-refractivity contribution is -0.133. The summed E-state index contributed by atoms with van der Waals surface area (Å²) in [4.78, 5) is 16.7. The number of nitrogens with zero attached hydrogens (tertiary/aromatic N) is 5. The van der Waals surface area contributed by atoms with Gasteiger partial charge in [0.2, 0.25) is 5.91 Å². The maximum absolute atomic E-state index is 12.8. The maximum Gasteiger partial charge on any atom is 0.234 e. The van der Waals surface area contributed by atoms with E-state index in [4.69, 9.17) is 0 Å². The molecule has 2 N–H and O–H groups in total. The van der Waals surface area contributed by atoms with Crippen LogP contribution in [0.3, 0.4) is 0 Å². The van der Waals surface area contributed by atoms with Crippen LogP contribution in [0.2, 0.25) is 0 Å². The summed E-state index contributed by atoms with van der Waals surface area (Å²) in [5.41, 5.74) is -0.196. The Kier molecular flexibility index (Phi) is 3.83. The molecule has 8 nitrogen and oxygen atoms in total. The molecular formula is C18H28N6O2. The van der Waals surface area contributed by atoms with Crippen LogP contribution in [0.1, 0.15) is 51.4 Å². The SMILES string of the molecule is O=C(CN1CCC[C@@H](O)C1)NC12C[C@H]3C[C@@H](C1)CC(n1ncnn1)(C3)C2. The van der Waals surface area contributed by atoms with Gasteiger partial charge in [-0.2, -0.15) is 4.80 Å². The summed E-state index contributed by atoms with van der Waals surface area (Å²) in [6, 6.07) is 0. The first-order chi connectivity index (χ1) is 12.5. The van der Waals surface area contributed by atoms with E-state index in [0.29, 0.717) is 24.9 Å². The third kappa shape index (κ3) is 2.83. The number of aliphatic hydroxyl groups excluding tert-OH is 1. The summed E-state index contributed by atoms with van der Waals surface area (Å²) in [6.07, 6.45) is 9.59. The van der Waals surface area contributed by atoms with Gasteiger partial charge < -0.3 is 10.4 Å². The topological polar surface area (TPSA) is 96.2 Å². The summed E-state index contributed by atoms with van der Waals surface area (Å²) in [5, 5.41) is 25.8. The van der Waals surface area contributed by atoms with E-state index in [2.05, 4.69) is 25.6 Å². The van der Waals surface area contributed by atoms with Crippen molar-refractivity contribution in [2.45, 2.75) is 68.5 Å². The predicted octanol–water partition coefficient (Wildman–Crippen LogP) is 0.294. The van der Waals surface area contributed by atoms with Crippen molar-refractivity contribution in [3.63, 3.8) is 0 Å². The van der Waals surface area contributed by atoms with Crippen molar-refractivity contribution in [2.75, 3.05) is 19.6 Å². The number of aromatic nitrogens is 4. The molecule has 1 aromatic heterocycles. The molecule has 6 rings (SSSR count). The van der Waals surface area contributed by atoms with Crippen LogP contribution in [0, 0.1) is 11.8 Å². The number of amides is 1. The minimum absolute atomic E-state index is 0.0742. The Bertz CT molecular complexity index is 663. The highest BCUT2D eigenvalue weighted by atomic mass is 16.3. The molecule has 1 amide bonds. The van der Waals surface area contributed by atoms with Crippen molar-refractivity contribution < 1.29 is 9.90 Å². The Balaban J connectivity index is 1.31. The summed E-state index contributed by atoms with van der Waals surface area (Å²) >= 11 is 0. The molecule has 0 spiro atoms. The number of carbonyl (C=O) groups excluding carboxylic acids is 1. The van der Waals surface area contributed by atoms with Crippen molar-refractivity contribution >= 4 is 5.91 Å². The molecule has 5 fully saturated rings. The van der Waals surface area contributed by atoms with E-state index < -0.39 is 0 Å². The number of aliphatic hydroxyl groups is 1. The molecule has 2 unspecified atom stereocenters. The van der Waals surface area contributed by atoms with Crippen LogP contribution in [0.15, 0.2) is 6.33 Å². The quantitative estimate of drug-likeness (QED) is 0.801. The Morgan fingerprint density at radius 2 is 2.08 bits per heavy atom. The van der Waals surface area contributed by atoms with E-state index in [1.807, 2.05) is 4.80 Å². The molecule has 4 saturated carbocycles. The number of carbonyl (C=O) groups is 1. The summed E-state index contributed by atoms with van der Waals surface area (Å²) in [6.45, 7) is 1.90. The highest BCUT2D eigenvalue weighted by Gasteiger charge is 2.60. The number of β-amino-alcohol motifs (C(OH)–C–C–N with tert-alkyl or cyclic N) is 1. The zero-order valence-corrected chi connectivity index (χ0v) is 15.2. The zero-order valence-electron chi connectivity index (χ0n) is 15.2. The molecule has 2 heterocycles. The normalized spacial score (nSPS) is 42.1. The first-order valence-corrected chi connectivity index (χ1v) is 9.99. The Hall–Kier alpha value is -1.54. The van der Waals surface area contributed by atoms with E-state index in [9.17, 15) is 9.90 Å². The molecule has 1 saturated heterocycles. The highest BCUT2D eigenvalue weighted by Crippen LogP contribution is 2.60. The molecule has 26 heavy (non-hydrogen) atoms. The second kappa shape index (κ2) is 5.99. The average molecular weight is 360 g/mol. The van der Waals surface area contributed by atoms with Crippen LogP contribution in [0.5, 0.6) is 0 Å². The van der Waals surface area contributed by atoms with Gasteiger partial charge in [-0.25, -0.2) is 0 Å². The Labute approximate surface area is 153 Å². The van der Waals surface area contributed by atoms with E-state index in [1.54, 1.807) is 0 Å². The van der Waals surface area contributed by atoms with Crippen LogP contribution < -0.4 is 5.32 Å². The maximum atomic E-state index is 12.8. The van der Waals surface area contributed by atoms with Crippen molar-refractivity contribution in [2.24, 2.45) is 11.8 Å². The van der Waals surface area contributed by atoms with Crippen molar-refractivity contribution in [1.29, 1.82) is 0 Å². The van der Waals surface area contributed by atoms with Gasteiger partial charge in [-0.15, -0.1) is 10.2 Å². The third-order valence-electron chi connectivity index (χ3n) is 7.06. The number of hydrogen-bond acceptors (Lipinski definition) is 6. The molecule has 8 heteroatoms. The second-order valence-corrected chi connectivity index (χ2v) is 9.27. The van der Waals surface area contributed by atoms with Gasteiger partial charge >= 0.3 is 0 Å². The van der Waals surface area contributed by atoms with Gasteiger partial charge in [-0.1, -0.05) is 0 Å². The first kappa shape index (κ1) is 16.6.